The minimum absolute atomic E-state index is 0. The van der Waals surface area contributed by atoms with Crippen LogP contribution in [0.2, 0.25) is 0 Å². The zero-order chi connectivity index (χ0) is 22.6. The molecular formula is C26H33FN4O2S. The lowest BCUT2D eigenvalue weighted by Crippen LogP contribution is -2.20. The van der Waals surface area contributed by atoms with Crippen LogP contribution in [0.25, 0.3) is 0 Å². The van der Waals surface area contributed by atoms with Gasteiger partial charge in [-0.15, -0.1) is 10.2 Å². The molecule has 1 atom stereocenters. The largest absolute Gasteiger partial charge is 0.497 e. The maximum Gasteiger partial charge on any atom is 0.175 e. The predicted octanol–water partition coefficient (Wildman–Crippen LogP) is 5.55. The molecule has 0 bridgehead atoms. The van der Waals surface area contributed by atoms with Crippen LogP contribution < -0.4 is 9.47 Å². The molecule has 0 unspecified atom stereocenters. The molecule has 0 aliphatic heterocycles. The van der Waals surface area contributed by atoms with Crippen LogP contribution in [0.1, 0.15) is 67.3 Å². The normalized spacial score (nSPS) is 20.9. The molecule has 2 saturated carbocycles. The SMILES string of the molecule is COc1ccc(F)c(C2CCC(COc3cccc([C@@H](Cc4nn[nH]n4)C4CC4)c3)CC2)c1.S. The van der Waals surface area contributed by atoms with E-state index >= 15 is 0 Å². The summed E-state index contributed by atoms with van der Waals surface area (Å²) in [4.78, 5) is 0. The number of benzene rings is 2. The summed E-state index contributed by atoms with van der Waals surface area (Å²) in [7, 11) is 1.62. The highest BCUT2D eigenvalue weighted by molar-refractivity contribution is 7.59. The molecule has 2 aliphatic rings. The molecule has 34 heavy (non-hydrogen) atoms. The Kier molecular flexibility index (Phi) is 8.08. The van der Waals surface area contributed by atoms with E-state index in [4.69, 9.17) is 9.47 Å². The lowest BCUT2D eigenvalue weighted by molar-refractivity contribution is 0.199. The first-order valence-electron chi connectivity index (χ1n) is 12.0. The second-order valence-electron chi connectivity index (χ2n) is 9.46. The van der Waals surface area contributed by atoms with E-state index in [9.17, 15) is 4.39 Å². The smallest absolute Gasteiger partial charge is 0.175 e. The van der Waals surface area contributed by atoms with Gasteiger partial charge >= 0.3 is 0 Å². The molecule has 0 spiro atoms. The molecule has 1 aromatic heterocycles. The third-order valence-corrected chi connectivity index (χ3v) is 7.24. The highest BCUT2D eigenvalue weighted by Gasteiger charge is 2.33. The third kappa shape index (κ3) is 5.90. The van der Waals surface area contributed by atoms with E-state index in [0.29, 0.717) is 24.4 Å². The van der Waals surface area contributed by atoms with Crippen molar-refractivity contribution in [3.63, 3.8) is 0 Å². The van der Waals surface area contributed by atoms with E-state index < -0.39 is 0 Å². The Hall–Kier alpha value is -2.61. The summed E-state index contributed by atoms with van der Waals surface area (Å²) < 4.78 is 25.9. The van der Waals surface area contributed by atoms with Gasteiger partial charge in [0.25, 0.3) is 0 Å². The number of hydrogen-bond donors (Lipinski definition) is 1. The summed E-state index contributed by atoms with van der Waals surface area (Å²) in [6, 6.07) is 13.5. The first kappa shape index (κ1) is 24.5. The van der Waals surface area contributed by atoms with Crippen molar-refractivity contribution in [3.05, 3.63) is 65.2 Å². The Morgan fingerprint density at radius 2 is 1.85 bits per heavy atom. The van der Waals surface area contributed by atoms with Gasteiger partial charge in [0, 0.05) is 6.42 Å². The Labute approximate surface area is 207 Å². The molecule has 5 rings (SSSR count). The molecule has 1 heterocycles. The van der Waals surface area contributed by atoms with Crippen molar-refractivity contribution < 1.29 is 13.9 Å². The zero-order valence-corrected chi connectivity index (χ0v) is 20.5. The van der Waals surface area contributed by atoms with Crippen molar-refractivity contribution in [3.8, 4) is 11.5 Å². The maximum atomic E-state index is 14.3. The minimum atomic E-state index is -0.127. The Bertz CT molecular complexity index is 1050. The van der Waals surface area contributed by atoms with Gasteiger partial charge in [-0.3, -0.25) is 0 Å². The average molecular weight is 485 g/mol. The van der Waals surface area contributed by atoms with E-state index in [-0.39, 0.29) is 25.2 Å². The molecule has 8 heteroatoms. The number of methoxy groups -OCH3 is 1. The van der Waals surface area contributed by atoms with Crippen LogP contribution in [0.15, 0.2) is 42.5 Å². The van der Waals surface area contributed by atoms with Crippen LogP contribution in [0.3, 0.4) is 0 Å². The van der Waals surface area contributed by atoms with Crippen molar-refractivity contribution >= 4 is 13.5 Å². The number of nitrogens with one attached hydrogen (secondary N) is 1. The van der Waals surface area contributed by atoms with Gasteiger partial charge in [-0.1, -0.05) is 17.3 Å². The topological polar surface area (TPSA) is 72.9 Å². The Balaban J connectivity index is 0.00000274. The van der Waals surface area contributed by atoms with Gasteiger partial charge in [0.05, 0.1) is 13.7 Å². The van der Waals surface area contributed by atoms with E-state index in [1.54, 1.807) is 13.2 Å². The molecule has 0 radical (unpaired) electrons. The number of aromatic amines is 1. The van der Waals surface area contributed by atoms with Crippen LogP contribution in [0.5, 0.6) is 11.5 Å². The van der Waals surface area contributed by atoms with E-state index in [0.717, 1.165) is 55.0 Å². The maximum absolute atomic E-state index is 14.3. The molecule has 3 aromatic rings. The fourth-order valence-electron chi connectivity index (χ4n) is 5.17. The standard InChI is InChI=1S/C26H31FN4O2.H2S/c1-32-21-11-12-25(27)24(14-21)19-7-5-17(6-8-19)16-33-22-4-2-3-20(13-22)23(18-9-10-18)15-26-28-30-31-29-26;/h2-4,11-14,17-19,23H,5-10,15-16H2,1H3,(H,28,29,30,31);1H2/t17?,19?,23-;/m0./s1. The lowest BCUT2D eigenvalue weighted by Gasteiger charge is -2.29. The van der Waals surface area contributed by atoms with Crippen LogP contribution in [-0.4, -0.2) is 34.3 Å². The van der Waals surface area contributed by atoms with Crippen molar-refractivity contribution in [2.24, 2.45) is 11.8 Å². The Morgan fingerprint density at radius 1 is 1.03 bits per heavy atom. The van der Waals surface area contributed by atoms with Crippen LogP contribution in [0.4, 0.5) is 4.39 Å². The summed E-state index contributed by atoms with van der Waals surface area (Å²) in [5.74, 6) is 4.13. The molecule has 2 fully saturated rings. The lowest BCUT2D eigenvalue weighted by atomic mass is 9.79. The van der Waals surface area contributed by atoms with Crippen molar-refractivity contribution in [2.45, 2.75) is 56.8 Å². The van der Waals surface area contributed by atoms with Gasteiger partial charge in [0.2, 0.25) is 0 Å². The number of ether oxygens (including phenoxy) is 2. The summed E-state index contributed by atoms with van der Waals surface area (Å²) >= 11 is 0. The van der Waals surface area contributed by atoms with Gasteiger partial charge in [-0.05, 0) is 104 Å². The number of nitrogens with zero attached hydrogens (tertiary/aromatic N) is 3. The number of tetrazole rings is 1. The number of aromatic nitrogens is 4. The first-order valence-corrected chi connectivity index (χ1v) is 12.0. The average Bonchev–Trinajstić information content (AvgIpc) is 3.57. The summed E-state index contributed by atoms with van der Waals surface area (Å²) in [5, 5.41) is 14.5. The summed E-state index contributed by atoms with van der Waals surface area (Å²) in [5.41, 5.74) is 2.08. The van der Waals surface area contributed by atoms with Gasteiger partial charge in [0.1, 0.15) is 17.3 Å². The van der Waals surface area contributed by atoms with Crippen LogP contribution >= 0.6 is 13.5 Å². The number of rotatable bonds is 9. The molecule has 2 aromatic carbocycles. The second kappa shape index (κ2) is 11.2. The summed E-state index contributed by atoms with van der Waals surface area (Å²) in [6.45, 7) is 0.704. The Morgan fingerprint density at radius 3 is 2.56 bits per heavy atom. The van der Waals surface area contributed by atoms with Gasteiger partial charge in [0.15, 0.2) is 5.82 Å². The van der Waals surface area contributed by atoms with Gasteiger partial charge in [-0.2, -0.15) is 18.7 Å². The fourth-order valence-corrected chi connectivity index (χ4v) is 5.17. The summed E-state index contributed by atoms with van der Waals surface area (Å²) in [6.07, 6.45) is 7.36. The highest BCUT2D eigenvalue weighted by atomic mass is 32.1. The van der Waals surface area contributed by atoms with Gasteiger partial charge < -0.3 is 9.47 Å². The molecule has 182 valence electrons. The fraction of sp³-hybridized carbons (Fsp3) is 0.500. The molecule has 0 saturated heterocycles. The van der Waals surface area contributed by atoms with Crippen molar-refractivity contribution in [1.82, 2.24) is 20.6 Å². The van der Waals surface area contributed by atoms with E-state index in [1.807, 2.05) is 12.1 Å². The number of hydrogen-bond acceptors (Lipinski definition) is 5. The molecule has 2 aliphatic carbocycles. The molecular weight excluding hydrogens is 451 g/mol. The van der Waals surface area contributed by atoms with Crippen molar-refractivity contribution in [1.29, 1.82) is 0 Å². The van der Waals surface area contributed by atoms with E-state index in [1.165, 1.54) is 24.5 Å². The molecule has 6 nitrogen and oxygen atoms in total. The highest BCUT2D eigenvalue weighted by Crippen LogP contribution is 2.44. The van der Waals surface area contributed by atoms with Crippen LogP contribution in [0, 0.1) is 17.7 Å². The minimum Gasteiger partial charge on any atom is -0.497 e. The number of halogens is 1. The zero-order valence-electron chi connectivity index (χ0n) is 19.5. The third-order valence-electron chi connectivity index (χ3n) is 7.24. The molecule has 0 amide bonds. The molecule has 1 N–H and O–H groups in total. The quantitative estimate of drug-likeness (QED) is 0.431. The first-order chi connectivity index (χ1) is 16.2. The number of H-pyrrole nitrogens is 1. The van der Waals surface area contributed by atoms with Crippen molar-refractivity contribution in [2.75, 3.05) is 13.7 Å². The predicted molar refractivity (Wildman–Crippen MR) is 133 cm³/mol. The monoisotopic (exact) mass is 484 g/mol. The van der Waals surface area contributed by atoms with Gasteiger partial charge in [-0.25, -0.2) is 4.39 Å². The second-order valence-corrected chi connectivity index (χ2v) is 9.46. The van der Waals surface area contributed by atoms with Crippen LogP contribution in [-0.2, 0) is 6.42 Å². The van der Waals surface area contributed by atoms with E-state index in [2.05, 4.69) is 38.8 Å².